The van der Waals surface area contributed by atoms with E-state index in [1.165, 1.54) is 25.4 Å². The van der Waals surface area contributed by atoms with Crippen LogP contribution >= 0.6 is 0 Å². The molecule has 0 aromatic heterocycles. The first kappa shape index (κ1) is 11.3. The third-order valence-electron chi connectivity index (χ3n) is 1.86. The number of hydrogen-bond donors (Lipinski definition) is 1. The van der Waals surface area contributed by atoms with Gasteiger partial charge in [-0.3, -0.25) is 0 Å². The molecule has 72 valence electrons. The predicted molar refractivity (Wildman–Crippen MR) is 54.4 cm³/mol. The molecule has 0 aliphatic carbocycles. The van der Waals surface area contributed by atoms with Crippen molar-refractivity contribution >= 4 is 4.40 Å². The van der Waals surface area contributed by atoms with Crippen LogP contribution in [0.15, 0.2) is 48.1 Å². The molecule has 1 unspecified atom stereocenters. The van der Waals surface area contributed by atoms with Crippen LogP contribution < -0.4 is 0 Å². The maximum atomic E-state index is 9.95. The summed E-state index contributed by atoms with van der Waals surface area (Å²) in [6.07, 6.45) is 2.60. The van der Waals surface area contributed by atoms with Gasteiger partial charge in [0.1, 0.15) is 0 Å². The molecule has 14 heavy (non-hydrogen) atoms. The van der Waals surface area contributed by atoms with Crippen LogP contribution in [0, 0.1) is 6.58 Å². The van der Waals surface area contributed by atoms with Gasteiger partial charge in [-0.1, -0.05) is 0 Å². The van der Waals surface area contributed by atoms with Crippen LogP contribution in [0.25, 0.3) is 0 Å². The zero-order valence-corrected chi connectivity index (χ0v) is 10.6. The molecule has 0 aliphatic heterocycles. The number of hydrogen-bond acceptors (Lipinski definition) is 1. The van der Waals surface area contributed by atoms with E-state index in [4.69, 9.17) is 6.58 Å². The van der Waals surface area contributed by atoms with Gasteiger partial charge in [-0.05, 0) is 0 Å². The molecule has 0 amide bonds. The third kappa shape index (κ3) is 2.87. The Hall–Kier alpha value is -0.782. The Balaban J connectivity index is 2.94. The van der Waals surface area contributed by atoms with Crippen molar-refractivity contribution in [1.29, 1.82) is 0 Å². The summed E-state index contributed by atoms with van der Waals surface area (Å²) in [5.41, 5.74) is 1.73. The van der Waals surface area contributed by atoms with E-state index in [1.54, 1.807) is 6.08 Å². The molecule has 1 N–H and O–H groups in total. The zero-order chi connectivity index (χ0) is 10.4. The van der Waals surface area contributed by atoms with Gasteiger partial charge in [0.05, 0.1) is 0 Å². The Morgan fingerprint density at radius 1 is 1.36 bits per heavy atom. The molecule has 0 heterocycles. The van der Waals surface area contributed by atoms with Gasteiger partial charge < -0.3 is 0 Å². The molecular weight excluding hydrogens is 344 g/mol. The average molecular weight is 355 g/mol. The monoisotopic (exact) mass is 355 g/mol. The van der Waals surface area contributed by atoms with Gasteiger partial charge >= 0.3 is 95.2 Å². The zero-order valence-electron chi connectivity index (χ0n) is 7.63. The molecule has 0 bridgehead atoms. The van der Waals surface area contributed by atoms with E-state index in [1.807, 2.05) is 34.7 Å². The van der Waals surface area contributed by atoms with Crippen LogP contribution in [0.4, 0.5) is 0 Å². The van der Waals surface area contributed by atoms with E-state index in [2.05, 4.69) is 0 Å². The molecule has 2 heteroatoms. The molecule has 0 saturated carbocycles. The second kappa shape index (κ2) is 5.85. The van der Waals surface area contributed by atoms with E-state index in [0.29, 0.717) is 0 Å². The minimum atomic E-state index is -0.575. The van der Waals surface area contributed by atoms with Gasteiger partial charge in [0, 0.05) is 0 Å². The number of benzene rings is 1. The van der Waals surface area contributed by atoms with Crippen molar-refractivity contribution in [2.75, 3.05) is 0 Å². The quantitative estimate of drug-likeness (QED) is 0.647. The molecule has 1 nitrogen and oxygen atoms in total. The fourth-order valence-electron chi connectivity index (χ4n) is 1.13. The summed E-state index contributed by atoms with van der Waals surface area (Å²) in [4.78, 5) is 0. The van der Waals surface area contributed by atoms with Crippen LogP contribution in [0.3, 0.4) is 0 Å². The first-order valence-corrected chi connectivity index (χ1v) is 5.92. The first-order valence-electron chi connectivity index (χ1n) is 4.23. The Labute approximate surface area is 95.2 Å². The van der Waals surface area contributed by atoms with Crippen LogP contribution in [0.5, 0.6) is 0 Å². The van der Waals surface area contributed by atoms with Crippen molar-refractivity contribution in [2.45, 2.75) is 6.10 Å². The normalized spacial score (nSPS) is 13.4. The van der Waals surface area contributed by atoms with Gasteiger partial charge in [0.25, 0.3) is 0 Å². The molecule has 1 aromatic rings. The fraction of sp³-hybridized carbons (Fsp3) is 0.0833. The second-order valence-electron chi connectivity index (χ2n) is 2.79. The average Bonchev–Trinajstić information content (AvgIpc) is 2.26. The summed E-state index contributed by atoms with van der Waals surface area (Å²) in [5, 5.41) is 9.95. The molecule has 0 spiro atoms. The van der Waals surface area contributed by atoms with Crippen molar-refractivity contribution < 1.29 is 24.5 Å². The van der Waals surface area contributed by atoms with Crippen molar-refractivity contribution in [2.24, 2.45) is 0 Å². The Bertz CT molecular complexity index is 341. The van der Waals surface area contributed by atoms with Crippen LogP contribution in [-0.2, 0) is 19.4 Å². The Morgan fingerprint density at radius 2 is 2.00 bits per heavy atom. The number of rotatable bonds is 4. The molecule has 0 fully saturated rings. The molecule has 0 saturated heterocycles. The van der Waals surface area contributed by atoms with Crippen molar-refractivity contribution in [3.05, 3.63) is 60.2 Å². The molecular formula is C12H11OW-. The molecule has 0 aliphatic rings. The van der Waals surface area contributed by atoms with Gasteiger partial charge in [-0.2, -0.15) is 0 Å². The van der Waals surface area contributed by atoms with Crippen molar-refractivity contribution in [1.82, 2.24) is 0 Å². The maximum absolute atomic E-state index is 9.95. The molecule has 1 atom stereocenters. The second-order valence-corrected chi connectivity index (χ2v) is 3.64. The summed E-state index contributed by atoms with van der Waals surface area (Å²) in [6, 6.07) is 9.53. The fourth-order valence-corrected chi connectivity index (χ4v) is 1.88. The number of aliphatic hydroxyl groups is 1. The topological polar surface area (TPSA) is 20.2 Å². The summed E-state index contributed by atoms with van der Waals surface area (Å²) in [6.45, 7) is 5.30. The van der Waals surface area contributed by atoms with Crippen molar-refractivity contribution in [3.8, 4) is 0 Å². The van der Waals surface area contributed by atoms with Crippen LogP contribution in [0.1, 0.15) is 11.7 Å². The number of allylic oxidation sites excluding steroid dienone is 2. The van der Waals surface area contributed by atoms with E-state index in [9.17, 15) is 5.11 Å². The van der Waals surface area contributed by atoms with Crippen LogP contribution in [0.2, 0.25) is 0 Å². The molecule has 1 aromatic carbocycles. The van der Waals surface area contributed by atoms with E-state index in [0.717, 1.165) is 11.1 Å². The first-order chi connectivity index (χ1) is 6.79. The number of aliphatic hydroxyl groups excluding tert-OH is 1. The SMILES string of the molecule is [CH-]=C/C=C(\[CH]=[W])C(O)c1ccccc1. The molecule has 0 radical (unpaired) electrons. The molecule has 1 rings (SSSR count). The van der Waals surface area contributed by atoms with Gasteiger partial charge in [-0.25, -0.2) is 0 Å². The Kier molecular flexibility index (Phi) is 4.72. The summed E-state index contributed by atoms with van der Waals surface area (Å²) >= 11 is 1.29. The van der Waals surface area contributed by atoms with Gasteiger partial charge in [0.15, 0.2) is 0 Å². The van der Waals surface area contributed by atoms with E-state index < -0.39 is 6.10 Å². The van der Waals surface area contributed by atoms with Crippen LogP contribution in [-0.4, -0.2) is 9.51 Å². The summed E-state index contributed by atoms with van der Waals surface area (Å²) < 4.78 is 1.93. The van der Waals surface area contributed by atoms with Crippen molar-refractivity contribution in [3.63, 3.8) is 0 Å². The van der Waals surface area contributed by atoms with E-state index >= 15 is 0 Å². The summed E-state index contributed by atoms with van der Waals surface area (Å²) in [5.74, 6) is 0. The standard InChI is InChI=1S/C12H11O.W/c1-3-7-10(2)12(13)11-8-5-4-6-9-11;/h1-9,12-13H;/q-1;/b10-7+;. The van der Waals surface area contributed by atoms with E-state index in [-0.39, 0.29) is 0 Å². The minimum absolute atomic E-state index is 0.575. The Morgan fingerprint density at radius 3 is 2.50 bits per heavy atom. The summed E-state index contributed by atoms with van der Waals surface area (Å²) in [7, 11) is 0. The van der Waals surface area contributed by atoms with Gasteiger partial charge in [-0.15, -0.1) is 0 Å². The van der Waals surface area contributed by atoms with Gasteiger partial charge in [0.2, 0.25) is 0 Å². The third-order valence-corrected chi connectivity index (χ3v) is 2.83. The predicted octanol–water partition coefficient (Wildman–Crippen LogP) is 1.98.